The second-order valence-corrected chi connectivity index (χ2v) is 7.94. The van der Waals surface area contributed by atoms with Gasteiger partial charge in [0.15, 0.2) is 0 Å². The average molecular weight is 424 g/mol. The van der Waals surface area contributed by atoms with Gasteiger partial charge in [-0.05, 0) is 74.3 Å². The van der Waals surface area contributed by atoms with Crippen LogP contribution in [0.25, 0.3) is 0 Å². The molecule has 0 N–H and O–H groups in total. The normalized spacial score (nSPS) is 17.5. The summed E-state index contributed by atoms with van der Waals surface area (Å²) in [5.74, 6) is 0.864. The molecule has 0 amide bonds. The number of pyridine rings is 1. The number of methoxy groups -OCH3 is 1. The van der Waals surface area contributed by atoms with Crippen molar-refractivity contribution < 1.29 is 13.5 Å². The van der Waals surface area contributed by atoms with E-state index in [1.54, 1.807) is 19.2 Å². The summed E-state index contributed by atoms with van der Waals surface area (Å²) < 4.78 is 33.4. The number of hydrogen-bond donors (Lipinski definition) is 0. The summed E-state index contributed by atoms with van der Waals surface area (Å²) >= 11 is 0. The third-order valence-electron chi connectivity index (χ3n) is 6.18. The first-order valence-corrected chi connectivity index (χ1v) is 10.5. The lowest BCUT2D eigenvalue weighted by Gasteiger charge is -2.32. The molecule has 1 aromatic heterocycles. The van der Waals surface area contributed by atoms with Crippen molar-refractivity contribution in [1.82, 2.24) is 9.88 Å². The van der Waals surface area contributed by atoms with Crippen LogP contribution in [0.1, 0.15) is 43.0 Å². The summed E-state index contributed by atoms with van der Waals surface area (Å²) in [6.45, 7) is 3.06. The van der Waals surface area contributed by atoms with Crippen LogP contribution in [0, 0.1) is 11.6 Å². The summed E-state index contributed by atoms with van der Waals surface area (Å²) in [6.07, 6.45) is 3.19. The average Bonchev–Trinajstić information content (AvgIpc) is 3.28. The van der Waals surface area contributed by atoms with Gasteiger partial charge in [-0.3, -0.25) is 4.90 Å². The number of benzene rings is 2. The predicted molar refractivity (Wildman–Crippen MR) is 119 cm³/mol. The lowest BCUT2D eigenvalue weighted by Crippen LogP contribution is -2.27. The fraction of sp³-hybridized carbons (Fsp3) is 0.320. The molecule has 0 bridgehead atoms. The zero-order valence-corrected chi connectivity index (χ0v) is 18.1. The highest BCUT2D eigenvalue weighted by atomic mass is 19.1. The van der Waals surface area contributed by atoms with Crippen molar-refractivity contribution >= 4 is 11.5 Å². The monoisotopic (exact) mass is 423 g/mol. The number of hydrogen-bond acceptors (Lipinski definition) is 4. The Morgan fingerprint density at radius 1 is 1.10 bits per heavy atom. The van der Waals surface area contributed by atoms with Gasteiger partial charge >= 0.3 is 0 Å². The minimum atomic E-state index is -0.296. The van der Waals surface area contributed by atoms with Crippen LogP contribution in [0.5, 0.6) is 5.75 Å². The third kappa shape index (κ3) is 4.39. The predicted octanol–water partition coefficient (Wildman–Crippen LogP) is 6.03. The van der Waals surface area contributed by atoms with Crippen molar-refractivity contribution in [2.24, 2.45) is 0 Å². The molecule has 0 aliphatic carbocycles. The van der Waals surface area contributed by atoms with E-state index in [4.69, 9.17) is 4.74 Å². The van der Waals surface area contributed by atoms with Crippen LogP contribution in [-0.2, 0) is 0 Å². The van der Waals surface area contributed by atoms with Crippen LogP contribution < -0.4 is 9.64 Å². The van der Waals surface area contributed by atoms with Gasteiger partial charge in [0, 0.05) is 30.4 Å². The third-order valence-corrected chi connectivity index (χ3v) is 6.18. The Morgan fingerprint density at radius 2 is 1.81 bits per heavy atom. The molecule has 1 aliphatic rings. The lowest BCUT2D eigenvalue weighted by atomic mass is 10.0. The van der Waals surface area contributed by atoms with Gasteiger partial charge in [0.2, 0.25) is 0 Å². The van der Waals surface area contributed by atoms with Crippen LogP contribution in [0.15, 0.2) is 60.8 Å². The summed E-state index contributed by atoms with van der Waals surface area (Å²) in [5, 5.41) is 0. The molecule has 6 heteroatoms. The number of aromatic nitrogens is 1. The van der Waals surface area contributed by atoms with E-state index >= 15 is 0 Å². The smallest absolute Gasteiger partial charge is 0.146 e. The highest BCUT2D eigenvalue weighted by Gasteiger charge is 2.32. The Kier molecular flexibility index (Phi) is 6.18. The maximum absolute atomic E-state index is 14.9. The van der Waals surface area contributed by atoms with Crippen molar-refractivity contribution in [2.75, 3.05) is 25.6 Å². The molecule has 3 aromatic rings. The number of likely N-dealkylation sites (tertiary alicyclic amines) is 1. The highest BCUT2D eigenvalue weighted by molar-refractivity contribution is 5.59. The number of nitrogens with zero attached hydrogens (tertiary/aromatic N) is 3. The molecule has 1 fully saturated rings. The summed E-state index contributed by atoms with van der Waals surface area (Å²) in [7, 11) is 3.51. The molecule has 4 nitrogen and oxygen atoms in total. The largest absolute Gasteiger partial charge is 0.497 e. The fourth-order valence-electron chi connectivity index (χ4n) is 4.34. The zero-order valence-electron chi connectivity index (χ0n) is 18.1. The van der Waals surface area contributed by atoms with Gasteiger partial charge in [-0.1, -0.05) is 12.1 Å². The van der Waals surface area contributed by atoms with Gasteiger partial charge in [0.25, 0.3) is 0 Å². The van der Waals surface area contributed by atoms with Crippen molar-refractivity contribution in [2.45, 2.75) is 31.8 Å². The molecule has 31 heavy (non-hydrogen) atoms. The molecular weight excluding hydrogens is 396 g/mol. The molecular formula is C25H27F2N3O. The van der Waals surface area contributed by atoms with Crippen molar-refractivity contribution in [3.8, 4) is 5.75 Å². The number of anilines is 2. The molecule has 1 saturated heterocycles. The van der Waals surface area contributed by atoms with Crippen LogP contribution in [-0.4, -0.2) is 30.6 Å². The van der Waals surface area contributed by atoms with Gasteiger partial charge in [0.05, 0.1) is 13.3 Å². The van der Waals surface area contributed by atoms with Gasteiger partial charge < -0.3 is 9.64 Å². The SMILES string of the molecule is COc1ccc(C(C)N2CCC[C@H]2c2cc(N(C)c3ccc(F)cc3)ncc2F)cc1. The zero-order chi connectivity index (χ0) is 22.0. The van der Waals surface area contributed by atoms with Crippen LogP contribution in [0.4, 0.5) is 20.3 Å². The van der Waals surface area contributed by atoms with Gasteiger partial charge in [-0.15, -0.1) is 0 Å². The molecule has 0 saturated carbocycles. The second-order valence-electron chi connectivity index (χ2n) is 7.94. The van der Waals surface area contributed by atoms with Crippen LogP contribution >= 0.6 is 0 Å². The van der Waals surface area contributed by atoms with Crippen molar-refractivity contribution in [1.29, 1.82) is 0 Å². The lowest BCUT2D eigenvalue weighted by molar-refractivity contribution is 0.190. The van der Waals surface area contributed by atoms with Crippen LogP contribution in [0.2, 0.25) is 0 Å². The number of halogens is 2. The first-order valence-electron chi connectivity index (χ1n) is 10.5. The Hall–Kier alpha value is -2.99. The summed E-state index contributed by atoms with van der Waals surface area (Å²) in [5.41, 5.74) is 2.61. The van der Waals surface area contributed by atoms with E-state index in [1.165, 1.54) is 23.9 Å². The minimum absolute atomic E-state index is 0.0273. The molecule has 2 heterocycles. The Labute approximate surface area is 182 Å². The van der Waals surface area contributed by atoms with Crippen molar-refractivity contribution in [3.05, 3.63) is 83.6 Å². The fourth-order valence-corrected chi connectivity index (χ4v) is 4.34. The summed E-state index contributed by atoms with van der Waals surface area (Å²) in [6, 6.07) is 16.2. The Morgan fingerprint density at radius 3 is 2.48 bits per heavy atom. The Balaban J connectivity index is 1.61. The van der Waals surface area contributed by atoms with E-state index in [9.17, 15) is 8.78 Å². The first-order chi connectivity index (χ1) is 15.0. The van der Waals surface area contributed by atoms with E-state index in [-0.39, 0.29) is 23.7 Å². The minimum Gasteiger partial charge on any atom is -0.497 e. The van der Waals surface area contributed by atoms with E-state index < -0.39 is 0 Å². The molecule has 162 valence electrons. The molecule has 1 aliphatic heterocycles. The van der Waals surface area contributed by atoms with Gasteiger partial charge in [0.1, 0.15) is 23.2 Å². The molecule has 1 unspecified atom stereocenters. The first kappa shape index (κ1) is 21.2. The van der Waals surface area contributed by atoms with E-state index in [0.717, 1.165) is 30.8 Å². The number of rotatable bonds is 6. The highest BCUT2D eigenvalue weighted by Crippen LogP contribution is 2.40. The standard InChI is InChI=1S/C25H27F2N3O/c1-17(18-6-12-21(31-3)13-7-18)30-14-4-5-24(30)22-15-25(28-16-23(22)27)29(2)20-10-8-19(26)9-11-20/h6-13,15-17,24H,4-5,14H2,1-3H3/t17?,24-/m0/s1. The maximum Gasteiger partial charge on any atom is 0.146 e. The Bertz CT molecular complexity index is 1020. The van der Waals surface area contributed by atoms with Gasteiger partial charge in [-0.2, -0.15) is 0 Å². The van der Waals surface area contributed by atoms with E-state index in [1.807, 2.05) is 30.1 Å². The second kappa shape index (κ2) is 9.02. The number of ether oxygens (including phenoxy) is 1. The molecule has 2 atom stereocenters. The summed E-state index contributed by atoms with van der Waals surface area (Å²) in [4.78, 5) is 8.47. The van der Waals surface area contributed by atoms with E-state index in [0.29, 0.717) is 11.4 Å². The molecule has 4 rings (SSSR count). The van der Waals surface area contributed by atoms with Crippen molar-refractivity contribution in [3.63, 3.8) is 0 Å². The quantitative estimate of drug-likeness (QED) is 0.484. The van der Waals surface area contributed by atoms with E-state index in [2.05, 4.69) is 28.9 Å². The van der Waals surface area contributed by atoms with Crippen LogP contribution in [0.3, 0.4) is 0 Å². The molecule has 0 spiro atoms. The molecule has 2 aromatic carbocycles. The topological polar surface area (TPSA) is 28.6 Å². The van der Waals surface area contributed by atoms with Gasteiger partial charge in [-0.25, -0.2) is 13.8 Å². The molecule has 0 radical (unpaired) electrons. The maximum atomic E-state index is 14.9.